The Bertz CT molecular complexity index is 624. The van der Waals surface area contributed by atoms with E-state index in [1.165, 1.54) is 0 Å². The minimum atomic E-state index is -0.0655. The second-order valence-corrected chi connectivity index (χ2v) is 5.46. The van der Waals surface area contributed by atoms with Crippen LogP contribution in [-0.4, -0.2) is 16.3 Å². The van der Waals surface area contributed by atoms with Gasteiger partial charge in [0, 0.05) is 16.5 Å². The largest absolute Gasteiger partial charge is 0.381 e. The second kappa shape index (κ2) is 4.06. The molecule has 2 aromatic rings. The Morgan fingerprint density at radius 1 is 1.44 bits per heavy atom. The molecule has 5 nitrogen and oxygen atoms in total. The van der Waals surface area contributed by atoms with Gasteiger partial charge in [-0.3, -0.25) is 4.79 Å². The molecule has 0 bridgehead atoms. The van der Waals surface area contributed by atoms with Crippen LogP contribution in [0.4, 0.5) is 11.5 Å². The molecule has 1 aliphatic heterocycles. The lowest BCUT2D eigenvalue weighted by atomic mass is 10.1. The third-order valence-electron chi connectivity index (χ3n) is 2.72. The van der Waals surface area contributed by atoms with E-state index >= 15 is 0 Å². The molecule has 3 rings (SSSR count). The van der Waals surface area contributed by atoms with Gasteiger partial charge in [-0.05, 0) is 25.1 Å². The summed E-state index contributed by atoms with van der Waals surface area (Å²) in [6.45, 7) is 1.88. The number of aromatic nitrogens is 1. The zero-order chi connectivity index (χ0) is 12.7. The van der Waals surface area contributed by atoms with Crippen molar-refractivity contribution in [3.8, 4) is 11.3 Å². The fourth-order valence-corrected chi connectivity index (χ4v) is 2.72. The summed E-state index contributed by atoms with van der Waals surface area (Å²) in [6.07, 6.45) is 0. The lowest BCUT2D eigenvalue weighted by Gasteiger charge is -2.21. The molecule has 0 radical (unpaired) electrons. The standard InChI is InChI=1S/C12H11N3O2S/c1-6-12(16)14-8-4-7(2-3-10(8)18-6)9-5-11(13)15-17-9/h2-6H,1H3,(H2,13,15)(H,14,16). The first kappa shape index (κ1) is 11.2. The van der Waals surface area contributed by atoms with Gasteiger partial charge in [-0.15, -0.1) is 11.8 Å². The number of nitrogens with zero attached hydrogens (tertiary/aromatic N) is 1. The highest BCUT2D eigenvalue weighted by atomic mass is 32.2. The van der Waals surface area contributed by atoms with Crippen LogP contribution in [0.2, 0.25) is 0 Å². The molecule has 6 heteroatoms. The monoisotopic (exact) mass is 261 g/mol. The van der Waals surface area contributed by atoms with Gasteiger partial charge in [-0.2, -0.15) is 0 Å². The molecule has 92 valence electrons. The molecule has 1 aromatic heterocycles. The first-order valence-electron chi connectivity index (χ1n) is 5.47. The van der Waals surface area contributed by atoms with Crippen LogP contribution in [0.3, 0.4) is 0 Å². The molecule has 0 fully saturated rings. The summed E-state index contributed by atoms with van der Waals surface area (Å²) in [6, 6.07) is 7.41. The van der Waals surface area contributed by atoms with Gasteiger partial charge < -0.3 is 15.6 Å². The smallest absolute Gasteiger partial charge is 0.237 e. The van der Waals surface area contributed by atoms with Crippen LogP contribution in [0.15, 0.2) is 33.7 Å². The lowest BCUT2D eigenvalue weighted by molar-refractivity contribution is -0.115. The number of nitrogens with one attached hydrogen (secondary N) is 1. The highest BCUT2D eigenvalue weighted by Gasteiger charge is 2.23. The Labute approximate surface area is 108 Å². The van der Waals surface area contributed by atoms with E-state index in [0.29, 0.717) is 11.6 Å². The molecule has 1 aliphatic rings. The number of hydrogen-bond acceptors (Lipinski definition) is 5. The van der Waals surface area contributed by atoms with Crippen molar-refractivity contribution >= 4 is 29.2 Å². The zero-order valence-corrected chi connectivity index (χ0v) is 10.5. The number of rotatable bonds is 1. The molecular formula is C12H11N3O2S. The van der Waals surface area contributed by atoms with Crippen molar-refractivity contribution in [2.45, 2.75) is 17.1 Å². The van der Waals surface area contributed by atoms with Crippen molar-refractivity contribution in [2.75, 3.05) is 11.1 Å². The van der Waals surface area contributed by atoms with E-state index in [2.05, 4.69) is 10.5 Å². The maximum atomic E-state index is 11.6. The summed E-state index contributed by atoms with van der Waals surface area (Å²) in [5.74, 6) is 0.949. The maximum Gasteiger partial charge on any atom is 0.237 e. The molecule has 1 unspecified atom stereocenters. The summed E-state index contributed by atoms with van der Waals surface area (Å²) in [5, 5.41) is 6.45. The SMILES string of the molecule is CC1Sc2ccc(-c3cc(N)no3)cc2NC1=O. The van der Waals surface area contributed by atoms with E-state index in [1.807, 2.05) is 25.1 Å². The second-order valence-electron chi connectivity index (χ2n) is 4.08. The predicted molar refractivity (Wildman–Crippen MR) is 70.3 cm³/mol. The number of hydrogen-bond donors (Lipinski definition) is 2. The Hall–Kier alpha value is -1.95. The Balaban J connectivity index is 2.01. The van der Waals surface area contributed by atoms with Crippen molar-refractivity contribution < 1.29 is 9.32 Å². The van der Waals surface area contributed by atoms with Gasteiger partial charge in [0.15, 0.2) is 11.6 Å². The molecule has 1 atom stereocenters. The molecule has 0 spiro atoms. The molecule has 2 heterocycles. The molecule has 1 aromatic carbocycles. The third kappa shape index (κ3) is 1.84. The number of nitrogens with two attached hydrogens (primary N) is 1. The molecule has 1 amide bonds. The van der Waals surface area contributed by atoms with E-state index in [0.717, 1.165) is 16.1 Å². The summed E-state index contributed by atoms with van der Waals surface area (Å²) < 4.78 is 5.09. The Morgan fingerprint density at radius 3 is 3.00 bits per heavy atom. The third-order valence-corrected chi connectivity index (χ3v) is 3.90. The molecular weight excluding hydrogens is 250 g/mol. The number of thioether (sulfide) groups is 1. The van der Waals surface area contributed by atoms with Gasteiger partial charge in [-0.25, -0.2) is 0 Å². The van der Waals surface area contributed by atoms with Gasteiger partial charge in [0.25, 0.3) is 0 Å². The fraction of sp³-hybridized carbons (Fsp3) is 0.167. The summed E-state index contributed by atoms with van der Waals surface area (Å²) in [4.78, 5) is 12.7. The number of benzene rings is 1. The van der Waals surface area contributed by atoms with E-state index in [-0.39, 0.29) is 11.2 Å². The molecule has 0 aliphatic carbocycles. The quantitative estimate of drug-likeness (QED) is 0.823. The van der Waals surface area contributed by atoms with Gasteiger partial charge in [0.05, 0.1) is 10.9 Å². The first-order valence-corrected chi connectivity index (χ1v) is 6.35. The van der Waals surface area contributed by atoms with Crippen molar-refractivity contribution in [2.24, 2.45) is 0 Å². The van der Waals surface area contributed by atoms with Gasteiger partial charge >= 0.3 is 0 Å². The number of carbonyl (C=O) groups excluding carboxylic acids is 1. The van der Waals surface area contributed by atoms with Gasteiger partial charge in [0.1, 0.15) is 0 Å². The van der Waals surface area contributed by atoms with Gasteiger partial charge in [-0.1, -0.05) is 5.16 Å². The maximum absolute atomic E-state index is 11.6. The highest BCUT2D eigenvalue weighted by Crippen LogP contribution is 2.38. The van der Waals surface area contributed by atoms with E-state index < -0.39 is 0 Å². The summed E-state index contributed by atoms with van der Waals surface area (Å²) >= 11 is 1.55. The van der Waals surface area contributed by atoms with Crippen molar-refractivity contribution in [1.82, 2.24) is 5.16 Å². The topological polar surface area (TPSA) is 81.2 Å². The molecule has 0 saturated carbocycles. The van der Waals surface area contributed by atoms with Crippen LogP contribution in [0, 0.1) is 0 Å². The van der Waals surface area contributed by atoms with Crippen LogP contribution < -0.4 is 11.1 Å². The van der Waals surface area contributed by atoms with Crippen LogP contribution in [0.25, 0.3) is 11.3 Å². The molecule has 0 saturated heterocycles. The average molecular weight is 261 g/mol. The average Bonchev–Trinajstić information content (AvgIpc) is 2.77. The van der Waals surface area contributed by atoms with E-state index in [1.54, 1.807) is 17.8 Å². The number of nitrogen functional groups attached to an aromatic ring is 1. The summed E-state index contributed by atoms with van der Waals surface area (Å²) in [7, 11) is 0. The van der Waals surface area contributed by atoms with Crippen LogP contribution in [0.5, 0.6) is 0 Å². The first-order chi connectivity index (χ1) is 8.63. The summed E-state index contributed by atoms with van der Waals surface area (Å²) in [5.41, 5.74) is 7.16. The number of anilines is 2. The Morgan fingerprint density at radius 2 is 2.28 bits per heavy atom. The van der Waals surface area contributed by atoms with E-state index in [4.69, 9.17) is 10.3 Å². The number of amides is 1. The van der Waals surface area contributed by atoms with E-state index in [9.17, 15) is 4.79 Å². The van der Waals surface area contributed by atoms with Crippen LogP contribution in [0.1, 0.15) is 6.92 Å². The molecule has 18 heavy (non-hydrogen) atoms. The zero-order valence-electron chi connectivity index (χ0n) is 9.64. The Kier molecular flexibility index (Phi) is 2.52. The van der Waals surface area contributed by atoms with Crippen LogP contribution in [-0.2, 0) is 4.79 Å². The van der Waals surface area contributed by atoms with Crippen molar-refractivity contribution in [1.29, 1.82) is 0 Å². The lowest BCUT2D eigenvalue weighted by Crippen LogP contribution is -2.26. The minimum absolute atomic E-state index is 0.0155. The fourth-order valence-electron chi connectivity index (χ4n) is 1.79. The van der Waals surface area contributed by atoms with Crippen molar-refractivity contribution in [3.63, 3.8) is 0 Å². The van der Waals surface area contributed by atoms with Crippen molar-refractivity contribution in [3.05, 3.63) is 24.3 Å². The highest BCUT2D eigenvalue weighted by molar-refractivity contribution is 8.00. The minimum Gasteiger partial charge on any atom is -0.381 e. The van der Waals surface area contributed by atoms with Gasteiger partial charge in [0.2, 0.25) is 5.91 Å². The number of fused-ring (bicyclic) bond motifs is 1. The predicted octanol–water partition coefficient (Wildman–Crippen LogP) is 2.36. The van der Waals surface area contributed by atoms with Crippen LogP contribution >= 0.6 is 11.8 Å². The molecule has 3 N–H and O–H groups in total. The normalized spacial score (nSPS) is 18.3. The number of carbonyl (C=O) groups is 1.